The molecule has 0 amide bonds. The summed E-state index contributed by atoms with van der Waals surface area (Å²) in [4.78, 5) is 4.87. The van der Waals surface area contributed by atoms with E-state index in [9.17, 15) is 8.78 Å². The lowest BCUT2D eigenvalue weighted by atomic mass is 9.88. The minimum Gasteiger partial charge on any atom is -0.434 e. The number of halogens is 4. The number of alkyl halides is 2. The number of rotatable bonds is 5. The van der Waals surface area contributed by atoms with Crippen molar-refractivity contribution in [1.82, 2.24) is 9.80 Å². The predicted octanol–water partition coefficient (Wildman–Crippen LogP) is 5.17. The van der Waals surface area contributed by atoms with Gasteiger partial charge in [-0.1, -0.05) is 42.5 Å². The molecular weight excluding hydrogens is 417 g/mol. The van der Waals surface area contributed by atoms with Crippen LogP contribution in [0.15, 0.2) is 48.5 Å². The average molecular weight is 445 g/mol. The van der Waals surface area contributed by atoms with Gasteiger partial charge in [0, 0.05) is 37.8 Å². The lowest BCUT2D eigenvalue weighted by molar-refractivity contribution is -0.0507. The van der Waals surface area contributed by atoms with Crippen LogP contribution in [-0.2, 0) is 6.54 Å². The smallest absolute Gasteiger partial charge is 0.387 e. The third kappa shape index (κ3) is 5.02. The minimum absolute atomic E-state index is 0. The second kappa shape index (κ2) is 10.1. The number of hydrogen-bond acceptors (Lipinski definition) is 3. The highest BCUT2D eigenvalue weighted by Crippen LogP contribution is 2.45. The molecule has 0 spiro atoms. The second-order valence-corrected chi connectivity index (χ2v) is 7.85. The molecular formula is C22H28Cl2F2N2O. The second-order valence-electron chi connectivity index (χ2n) is 7.85. The van der Waals surface area contributed by atoms with Crippen molar-refractivity contribution in [3.63, 3.8) is 0 Å². The van der Waals surface area contributed by atoms with Gasteiger partial charge in [0.2, 0.25) is 0 Å². The summed E-state index contributed by atoms with van der Waals surface area (Å²) in [5, 5.41) is 0. The van der Waals surface area contributed by atoms with Gasteiger partial charge in [-0.05, 0) is 43.0 Å². The van der Waals surface area contributed by atoms with Crippen molar-refractivity contribution in [2.45, 2.75) is 26.1 Å². The van der Waals surface area contributed by atoms with Crippen LogP contribution >= 0.6 is 24.8 Å². The van der Waals surface area contributed by atoms with E-state index in [-0.39, 0.29) is 30.6 Å². The summed E-state index contributed by atoms with van der Waals surface area (Å²) >= 11 is 0. The molecule has 0 aromatic heterocycles. The van der Waals surface area contributed by atoms with E-state index in [1.807, 2.05) is 12.1 Å². The number of benzene rings is 2. The molecule has 29 heavy (non-hydrogen) atoms. The number of nitrogens with zero attached hydrogens (tertiary/aromatic N) is 2. The van der Waals surface area contributed by atoms with Gasteiger partial charge >= 0.3 is 6.61 Å². The Hall–Kier alpha value is -1.40. The predicted molar refractivity (Wildman–Crippen MR) is 116 cm³/mol. The van der Waals surface area contributed by atoms with Crippen molar-refractivity contribution in [2.24, 2.45) is 11.8 Å². The first-order valence-electron chi connectivity index (χ1n) is 9.53. The van der Waals surface area contributed by atoms with Crippen molar-refractivity contribution in [2.75, 3.05) is 26.7 Å². The van der Waals surface area contributed by atoms with E-state index in [0.29, 0.717) is 24.4 Å². The van der Waals surface area contributed by atoms with Crippen LogP contribution in [0.4, 0.5) is 8.78 Å². The zero-order valence-corrected chi connectivity index (χ0v) is 18.3. The van der Waals surface area contributed by atoms with Gasteiger partial charge in [0.15, 0.2) is 0 Å². The van der Waals surface area contributed by atoms with E-state index < -0.39 is 6.61 Å². The quantitative estimate of drug-likeness (QED) is 0.631. The Morgan fingerprint density at radius 1 is 1.00 bits per heavy atom. The number of hydrogen-bond donors (Lipinski definition) is 0. The molecule has 160 valence electrons. The molecule has 2 aliphatic rings. The van der Waals surface area contributed by atoms with E-state index in [0.717, 1.165) is 25.2 Å². The van der Waals surface area contributed by atoms with E-state index in [1.165, 1.54) is 11.1 Å². The summed E-state index contributed by atoms with van der Waals surface area (Å²) < 4.78 is 30.1. The molecule has 2 fully saturated rings. The van der Waals surface area contributed by atoms with Crippen molar-refractivity contribution >= 4 is 24.8 Å². The molecule has 2 heterocycles. The number of para-hydroxylation sites is 1. The molecule has 0 aliphatic carbocycles. The largest absolute Gasteiger partial charge is 0.434 e. The third-order valence-corrected chi connectivity index (χ3v) is 6.06. The topological polar surface area (TPSA) is 15.7 Å². The zero-order chi connectivity index (χ0) is 19.0. The highest BCUT2D eigenvalue weighted by atomic mass is 35.5. The van der Waals surface area contributed by atoms with Gasteiger partial charge in [-0.3, -0.25) is 9.80 Å². The van der Waals surface area contributed by atoms with Gasteiger partial charge in [-0.15, -0.1) is 24.8 Å². The minimum atomic E-state index is -2.79. The van der Waals surface area contributed by atoms with Crippen LogP contribution in [0.2, 0.25) is 0 Å². The zero-order valence-electron chi connectivity index (χ0n) is 16.6. The molecule has 7 heteroatoms. The first-order valence-corrected chi connectivity index (χ1v) is 9.53. The van der Waals surface area contributed by atoms with Gasteiger partial charge in [-0.25, -0.2) is 0 Å². The van der Waals surface area contributed by atoms with Crippen molar-refractivity contribution < 1.29 is 13.5 Å². The summed E-state index contributed by atoms with van der Waals surface area (Å²) in [6.07, 6.45) is 0. The molecule has 0 saturated carbocycles. The van der Waals surface area contributed by atoms with Crippen LogP contribution in [0.1, 0.15) is 22.7 Å². The SMILES string of the molecule is Cc1ccccc1[C@@H]1[C@@H]2CN(Cc3ccccc3OC(F)F)C[C@@H]2CN1C.Cl.Cl. The molecule has 2 aromatic rings. The van der Waals surface area contributed by atoms with Gasteiger partial charge < -0.3 is 4.74 Å². The van der Waals surface area contributed by atoms with Gasteiger partial charge in [0.1, 0.15) is 5.75 Å². The van der Waals surface area contributed by atoms with Gasteiger partial charge in [0.25, 0.3) is 0 Å². The van der Waals surface area contributed by atoms with E-state index in [2.05, 4.69) is 48.0 Å². The van der Waals surface area contributed by atoms with E-state index in [4.69, 9.17) is 4.74 Å². The fourth-order valence-corrected chi connectivity index (χ4v) is 4.95. The van der Waals surface area contributed by atoms with Crippen LogP contribution in [-0.4, -0.2) is 43.1 Å². The summed E-state index contributed by atoms with van der Waals surface area (Å²) in [5.41, 5.74) is 3.58. The number of fused-ring (bicyclic) bond motifs is 1. The molecule has 2 aromatic carbocycles. The molecule has 3 atom stereocenters. The summed E-state index contributed by atoms with van der Waals surface area (Å²) in [6, 6.07) is 16.2. The number of aryl methyl sites for hydroxylation is 1. The molecule has 2 aliphatic heterocycles. The maximum atomic E-state index is 12.7. The Morgan fingerprint density at radius 2 is 1.69 bits per heavy atom. The molecule has 4 rings (SSSR count). The maximum absolute atomic E-state index is 12.7. The van der Waals surface area contributed by atoms with Crippen LogP contribution in [0.25, 0.3) is 0 Å². The normalized spacial score (nSPS) is 24.1. The highest BCUT2D eigenvalue weighted by molar-refractivity contribution is 5.85. The Balaban J connectivity index is 0.00000150. The van der Waals surface area contributed by atoms with Crippen LogP contribution in [0.5, 0.6) is 5.75 Å². The first-order chi connectivity index (χ1) is 13.0. The molecule has 0 radical (unpaired) electrons. The molecule has 0 bridgehead atoms. The van der Waals surface area contributed by atoms with Crippen LogP contribution in [0.3, 0.4) is 0 Å². The maximum Gasteiger partial charge on any atom is 0.387 e. The van der Waals surface area contributed by atoms with Crippen molar-refractivity contribution in [3.8, 4) is 5.75 Å². The van der Waals surface area contributed by atoms with E-state index in [1.54, 1.807) is 12.1 Å². The molecule has 3 nitrogen and oxygen atoms in total. The molecule has 0 N–H and O–H groups in total. The highest BCUT2D eigenvalue weighted by Gasteiger charge is 2.46. The first kappa shape index (κ1) is 23.9. The summed E-state index contributed by atoms with van der Waals surface area (Å²) in [5.74, 6) is 1.47. The van der Waals surface area contributed by atoms with Gasteiger partial charge in [0.05, 0.1) is 0 Å². The van der Waals surface area contributed by atoms with E-state index >= 15 is 0 Å². The summed E-state index contributed by atoms with van der Waals surface area (Å²) in [6.45, 7) is 3.11. The Bertz CT molecular complexity index is 808. The molecule has 2 saturated heterocycles. The fraction of sp³-hybridized carbons (Fsp3) is 0.455. The van der Waals surface area contributed by atoms with Crippen molar-refractivity contribution in [1.29, 1.82) is 0 Å². The monoisotopic (exact) mass is 444 g/mol. The number of likely N-dealkylation sites (tertiary alicyclic amines) is 2. The van der Waals surface area contributed by atoms with Crippen molar-refractivity contribution in [3.05, 3.63) is 65.2 Å². The third-order valence-electron chi connectivity index (χ3n) is 6.06. The Labute approximate surface area is 183 Å². The average Bonchev–Trinajstić information content (AvgIpc) is 3.13. The number of ether oxygens (including phenoxy) is 1. The Morgan fingerprint density at radius 3 is 2.41 bits per heavy atom. The molecule has 0 unspecified atom stereocenters. The summed E-state index contributed by atoms with van der Waals surface area (Å²) in [7, 11) is 2.21. The van der Waals surface area contributed by atoms with Crippen LogP contribution in [0, 0.1) is 18.8 Å². The Kier molecular flexibility index (Phi) is 8.29. The lowest BCUT2D eigenvalue weighted by Crippen LogP contribution is -2.29. The standard InChI is InChI=1S/C22H26F2N2O.2ClH/c1-15-7-3-5-9-18(15)21-19-14-26(13-17(19)11-25(21)2)12-16-8-4-6-10-20(16)27-22(23)24;;/h3-10,17,19,21-22H,11-14H2,1-2H3;2*1H/t17-,19+,21+;;/m0../s1. The van der Waals surface area contributed by atoms with Gasteiger partial charge in [-0.2, -0.15) is 8.78 Å². The van der Waals surface area contributed by atoms with Crippen LogP contribution < -0.4 is 4.74 Å². The lowest BCUT2D eigenvalue weighted by Gasteiger charge is -2.28. The fourth-order valence-electron chi connectivity index (χ4n) is 4.95.